The molecule has 0 heterocycles. The van der Waals surface area contributed by atoms with Crippen molar-refractivity contribution in [1.82, 2.24) is 0 Å². The van der Waals surface area contributed by atoms with Crippen LogP contribution < -0.4 is 10.5 Å². The van der Waals surface area contributed by atoms with Crippen LogP contribution in [0.1, 0.15) is 5.56 Å². The van der Waals surface area contributed by atoms with Gasteiger partial charge in [-0.05, 0) is 18.2 Å². The van der Waals surface area contributed by atoms with Crippen molar-refractivity contribution in [3.05, 3.63) is 29.6 Å². The van der Waals surface area contributed by atoms with Crippen LogP contribution >= 0.6 is 0 Å². The Labute approximate surface area is 112 Å². The number of rotatable bonds is 7. The Morgan fingerprint density at radius 3 is 2.74 bits per heavy atom. The van der Waals surface area contributed by atoms with Crippen LogP contribution in [0.3, 0.4) is 0 Å². The van der Waals surface area contributed by atoms with E-state index in [9.17, 15) is 4.39 Å². The van der Waals surface area contributed by atoms with Gasteiger partial charge < -0.3 is 19.9 Å². The summed E-state index contributed by atoms with van der Waals surface area (Å²) < 4.78 is 28.8. The van der Waals surface area contributed by atoms with E-state index >= 15 is 0 Å². The van der Waals surface area contributed by atoms with Crippen LogP contribution in [0.4, 0.5) is 4.39 Å². The molecule has 0 aliphatic carbocycles. The van der Waals surface area contributed by atoms with E-state index in [1.54, 1.807) is 19.2 Å². The second kappa shape index (κ2) is 9.34. The predicted molar refractivity (Wildman–Crippen MR) is 70.5 cm³/mol. The molecule has 0 saturated carbocycles. The first-order chi connectivity index (χ1) is 9.27. The average molecular weight is 267 g/mol. The van der Waals surface area contributed by atoms with E-state index in [4.69, 9.17) is 19.9 Å². The van der Waals surface area contributed by atoms with Gasteiger partial charge in [-0.15, -0.1) is 0 Å². The lowest BCUT2D eigenvalue weighted by Crippen LogP contribution is -2.10. The van der Waals surface area contributed by atoms with Crippen LogP contribution in [0.15, 0.2) is 18.2 Å². The molecule has 104 valence electrons. The van der Waals surface area contributed by atoms with Crippen LogP contribution in [0, 0.1) is 17.7 Å². The average Bonchev–Trinajstić information content (AvgIpc) is 2.43. The molecule has 1 aromatic rings. The fraction of sp³-hybridized carbons (Fsp3) is 0.429. The SMILES string of the molecule is COCCOCCOc1cc(C#CCN)ccc1F. The summed E-state index contributed by atoms with van der Waals surface area (Å²) in [4.78, 5) is 0. The van der Waals surface area contributed by atoms with Gasteiger partial charge in [-0.25, -0.2) is 4.39 Å². The van der Waals surface area contributed by atoms with Gasteiger partial charge in [-0.2, -0.15) is 0 Å². The van der Waals surface area contributed by atoms with Crippen molar-refractivity contribution < 1.29 is 18.6 Å². The molecule has 1 rings (SSSR count). The predicted octanol–water partition coefficient (Wildman–Crippen LogP) is 1.18. The summed E-state index contributed by atoms with van der Waals surface area (Å²) in [6.07, 6.45) is 0. The van der Waals surface area contributed by atoms with E-state index in [0.29, 0.717) is 25.4 Å². The molecule has 0 bridgehead atoms. The lowest BCUT2D eigenvalue weighted by atomic mass is 10.2. The van der Waals surface area contributed by atoms with Crippen molar-refractivity contribution in [2.75, 3.05) is 40.1 Å². The summed E-state index contributed by atoms with van der Waals surface area (Å²) >= 11 is 0. The smallest absolute Gasteiger partial charge is 0.165 e. The summed E-state index contributed by atoms with van der Waals surface area (Å²) in [5, 5.41) is 0. The molecular formula is C14H18FNO3. The molecule has 0 spiro atoms. The fourth-order valence-electron chi connectivity index (χ4n) is 1.30. The van der Waals surface area contributed by atoms with Crippen molar-refractivity contribution in [3.63, 3.8) is 0 Å². The maximum atomic E-state index is 13.5. The summed E-state index contributed by atoms with van der Waals surface area (Å²) in [5.74, 6) is 5.27. The van der Waals surface area contributed by atoms with Crippen LogP contribution in [0.25, 0.3) is 0 Å². The van der Waals surface area contributed by atoms with Crippen LogP contribution in [0.2, 0.25) is 0 Å². The monoisotopic (exact) mass is 267 g/mol. The van der Waals surface area contributed by atoms with Gasteiger partial charge in [-0.1, -0.05) is 11.8 Å². The maximum absolute atomic E-state index is 13.5. The molecule has 0 atom stereocenters. The number of hydrogen-bond acceptors (Lipinski definition) is 4. The Balaban J connectivity index is 2.43. The van der Waals surface area contributed by atoms with Crippen molar-refractivity contribution in [1.29, 1.82) is 0 Å². The Bertz CT molecular complexity index is 440. The van der Waals surface area contributed by atoms with Crippen molar-refractivity contribution >= 4 is 0 Å². The van der Waals surface area contributed by atoms with Crippen LogP contribution in [0.5, 0.6) is 5.75 Å². The van der Waals surface area contributed by atoms with Crippen LogP contribution in [-0.2, 0) is 9.47 Å². The second-order valence-electron chi connectivity index (χ2n) is 3.60. The lowest BCUT2D eigenvalue weighted by molar-refractivity contribution is 0.0538. The zero-order chi connectivity index (χ0) is 13.9. The summed E-state index contributed by atoms with van der Waals surface area (Å²) in [5.41, 5.74) is 5.95. The van der Waals surface area contributed by atoms with Gasteiger partial charge >= 0.3 is 0 Å². The molecule has 4 nitrogen and oxygen atoms in total. The molecule has 0 radical (unpaired) electrons. The number of methoxy groups -OCH3 is 1. The van der Waals surface area contributed by atoms with Crippen molar-refractivity contribution in [2.24, 2.45) is 5.73 Å². The number of benzene rings is 1. The van der Waals surface area contributed by atoms with E-state index in [2.05, 4.69) is 11.8 Å². The molecule has 19 heavy (non-hydrogen) atoms. The Kier molecular flexibility index (Phi) is 7.59. The molecule has 0 saturated heterocycles. The minimum Gasteiger partial charge on any atom is -0.488 e. The minimum absolute atomic E-state index is 0.166. The fourth-order valence-corrected chi connectivity index (χ4v) is 1.30. The highest BCUT2D eigenvalue weighted by Gasteiger charge is 2.03. The first kappa shape index (κ1) is 15.4. The molecule has 0 amide bonds. The van der Waals surface area contributed by atoms with E-state index in [1.807, 2.05) is 0 Å². The Morgan fingerprint density at radius 1 is 1.21 bits per heavy atom. The first-order valence-electron chi connectivity index (χ1n) is 5.96. The number of ether oxygens (including phenoxy) is 3. The molecule has 1 aromatic carbocycles. The molecule has 0 unspecified atom stereocenters. The molecule has 0 fully saturated rings. The number of hydrogen-bond donors (Lipinski definition) is 1. The molecule has 0 aliphatic rings. The minimum atomic E-state index is -0.421. The van der Waals surface area contributed by atoms with Gasteiger partial charge in [0.15, 0.2) is 11.6 Å². The van der Waals surface area contributed by atoms with Gasteiger partial charge in [0.25, 0.3) is 0 Å². The summed E-state index contributed by atoms with van der Waals surface area (Å²) in [7, 11) is 1.60. The molecule has 5 heteroatoms. The normalized spacial score (nSPS) is 9.84. The highest BCUT2D eigenvalue weighted by molar-refractivity contribution is 5.40. The van der Waals surface area contributed by atoms with Crippen LogP contribution in [-0.4, -0.2) is 40.1 Å². The highest BCUT2D eigenvalue weighted by atomic mass is 19.1. The van der Waals surface area contributed by atoms with Gasteiger partial charge in [0.05, 0.1) is 26.4 Å². The van der Waals surface area contributed by atoms with Gasteiger partial charge in [0.1, 0.15) is 6.61 Å². The zero-order valence-electron chi connectivity index (χ0n) is 10.9. The molecule has 2 N–H and O–H groups in total. The lowest BCUT2D eigenvalue weighted by Gasteiger charge is -2.08. The molecule has 0 aromatic heterocycles. The van der Waals surface area contributed by atoms with Gasteiger partial charge in [-0.3, -0.25) is 0 Å². The topological polar surface area (TPSA) is 53.7 Å². The maximum Gasteiger partial charge on any atom is 0.165 e. The largest absolute Gasteiger partial charge is 0.488 e. The quantitative estimate of drug-likeness (QED) is 0.595. The standard InChI is InChI=1S/C14H18FNO3/c1-17-7-8-18-9-10-19-14-11-12(3-2-6-16)4-5-13(14)15/h4-5,11H,6-10,16H2,1H3. The van der Waals surface area contributed by atoms with E-state index in [1.165, 1.54) is 6.07 Å². The third kappa shape index (κ3) is 6.20. The van der Waals surface area contributed by atoms with Gasteiger partial charge in [0.2, 0.25) is 0 Å². The molecule has 0 aliphatic heterocycles. The van der Waals surface area contributed by atoms with E-state index < -0.39 is 5.82 Å². The Morgan fingerprint density at radius 2 is 2.00 bits per heavy atom. The number of halogens is 1. The Hall–Kier alpha value is -1.61. The highest BCUT2D eigenvalue weighted by Crippen LogP contribution is 2.18. The first-order valence-corrected chi connectivity index (χ1v) is 5.96. The third-order valence-corrected chi connectivity index (χ3v) is 2.18. The van der Waals surface area contributed by atoms with E-state index in [0.717, 1.165) is 0 Å². The number of nitrogens with two attached hydrogens (primary N) is 1. The van der Waals surface area contributed by atoms with Crippen molar-refractivity contribution in [3.8, 4) is 17.6 Å². The van der Waals surface area contributed by atoms with Crippen molar-refractivity contribution in [2.45, 2.75) is 0 Å². The summed E-state index contributed by atoms with van der Waals surface area (Å²) in [6, 6.07) is 4.45. The molecular weight excluding hydrogens is 249 g/mol. The second-order valence-corrected chi connectivity index (χ2v) is 3.60. The zero-order valence-corrected chi connectivity index (χ0v) is 10.9. The van der Waals surface area contributed by atoms with Gasteiger partial charge in [0, 0.05) is 12.7 Å². The summed E-state index contributed by atoms with van der Waals surface area (Å²) in [6.45, 7) is 1.93. The van der Waals surface area contributed by atoms with E-state index in [-0.39, 0.29) is 18.9 Å². The third-order valence-electron chi connectivity index (χ3n) is 2.18.